The van der Waals surface area contributed by atoms with Crippen molar-refractivity contribution in [3.8, 4) is 11.8 Å². The monoisotopic (exact) mass is 579 g/mol. The van der Waals surface area contributed by atoms with Crippen molar-refractivity contribution in [2.75, 3.05) is 17.7 Å². The molecule has 0 aliphatic carbocycles. The summed E-state index contributed by atoms with van der Waals surface area (Å²) in [5.41, 5.74) is 5.74. The first-order chi connectivity index (χ1) is 20.3. The Balaban J connectivity index is 1.58. The number of nitrogens with one attached hydrogen (secondary N) is 2. The zero-order valence-electron chi connectivity index (χ0n) is 23.9. The van der Waals surface area contributed by atoms with Gasteiger partial charge in [-0.15, -0.1) is 0 Å². The lowest BCUT2D eigenvalue weighted by Crippen LogP contribution is -2.29. The summed E-state index contributed by atoms with van der Waals surface area (Å²) in [6.45, 7) is 9.75. The number of hydrogen-bond acceptors (Lipinski definition) is 7. The second-order valence-corrected chi connectivity index (χ2v) is 10.8. The fraction of sp³-hybridized carbons (Fsp3) is 0.206. The van der Waals surface area contributed by atoms with Crippen LogP contribution in [0.25, 0.3) is 0 Å². The maximum Gasteiger partial charge on any atom is 0.337 e. The predicted molar refractivity (Wildman–Crippen MR) is 167 cm³/mol. The highest BCUT2D eigenvalue weighted by atomic mass is 32.2. The molecule has 1 aliphatic heterocycles. The quantitative estimate of drug-likeness (QED) is 0.193. The highest BCUT2D eigenvalue weighted by Crippen LogP contribution is 2.41. The van der Waals surface area contributed by atoms with Gasteiger partial charge in [0.05, 0.1) is 33.9 Å². The topological polar surface area (TPSA) is 100 Å². The summed E-state index contributed by atoms with van der Waals surface area (Å²) < 4.78 is 11.3. The highest BCUT2D eigenvalue weighted by Gasteiger charge is 2.35. The Kier molecular flexibility index (Phi) is 10.2. The van der Waals surface area contributed by atoms with Crippen LogP contribution in [0.3, 0.4) is 0 Å². The van der Waals surface area contributed by atoms with Crippen LogP contribution in [0.5, 0.6) is 5.75 Å². The number of nitriles is 1. The Morgan fingerprint density at radius 2 is 1.81 bits per heavy atom. The molecule has 1 amide bonds. The summed E-state index contributed by atoms with van der Waals surface area (Å²) in [5.74, 6) is -0.702. The summed E-state index contributed by atoms with van der Waals surface area (Å²) in [7, 11) is 0. The van der Waals surface area contributed by atoms with Crippen LogP contribution >= 0.6 is 11.8 Å². The third-order valence-electron chi connectivity index (χ3n) is 6.68. The largest absolute Gasteiger partial charge is 0.489 e. The maximum atomic E-state index is 13.2. The molecule has 42 heavy (non-hydrogen) atoms. The zero-order chi connectivity index (χ0) is 30.1. The van der Waals surface area contributed by atoms with Crippen LogP contribution in [0.15, 0.2) is 107 Å². The van der Waals surface area contributed by atoms with Gasteiger partial charge in [-0.1, -0.05) is 79.0 Å². The van der Waals surface area contributed by atoms with Crippen molar-refractivity contribution < 1.29 is 19.1 Å². The van der Waals surface area contributed by atoms with Crippen LogP contribution in [0.1, 0.15) is 35.1 Å². The van der Waals surface area contributed by atoms with Crippen molar-refractivity contribution in [2.45, 2.75) is 33.3 Å². The Morgan fingerprint density at radius 1 is 1.07 bits per heavy atom. The Morgan fingerprint density at radius 3 is 2.50 bits per heavy atom. The van der Waals surface area contributed by atoms with E-state index in [1.807, 2.05) is 86.6 Å². The van der Waals surface area contributed by atoms with E-state index < -0.39 is 11.9 Å². The SMILES string of the molecule is C=CCOC(=O)C1=C(C)NC(SCC(=O)Nc2cc(C)ccc2C)=C(C#N)C1c1ccc(OCc2ccccc2)cc1. The molecule has 0 saturated carbocycles. The second kappa shape index (κ2) is 14.2. The van der Waals surface area contributed by atoms with Gasteiger partial charge in [-0.25, -0.2) is 4.79 Å². The Labute approximate surface area is 250 Å². The molecule has 0 spiro atoms. The molecule has 1 atom stereocenters. The maximum absolute atomic E-state index is 13.2. The molecule has 4 rings (SSSR count). The lowest BCUT2D eigenvalue weighted by Gasteiger charge is -2.29. The van der Waals surface area contributed by atoms with Gasteiger partial charge in [0.15, 0.2) is 0 Å². The molecule has 214 valence electrons. The molecule has 3 aromatic carbocycles. The number of carbonyl (C=O) groups excluding carboxylic acids is 2. The van der Waals surface area contributed by atoms with Gasteiger partial charge in [-0.05, 0) is 61.2 Å². The summed E-state index contributed by atoms with van der Waals surface area (Å²) in [6.07, 6.45) is 1.49. The van der Waals surface area contributed by atoms with Crippen LogP contribution in [-0.4, -0.2) is 24.2 Å². The van der Waals surface area contributed by atoms with Gasteiger partial charge in [0.25, 0.3) is 0 Å². The van der Waals surface area contributed by atoms with Gasteiger partial charge in [0, 0.05) is 11.4 Å². The molecule has 8 heteroatoms. The molecule has 1 heterocycles. The number of thioether (sulfide) groups is 1. The van der Waals surface area contributed by atoms with Crippen LogP contribution in [-0.2, 0) is 20.9 Å². The van der Waals surface area contributed by atoms with Gasteiger partial charge < -0.3 is 20.1 Å². The average molecular weight is 580 g/mol. The van der Waals surface area contributed by atoms with Crippen LogP contribution in [0.4, 0.5) is 5.69 Å². The number of allylic oxidation sites excluding steroid dienone is 2. The van der Waals surface area contributed by atoms with Gasteiger partial charge in [0.2, 0.25) is 5.91 Å². The van der Waals surface area contributed by atoms with E-state index in [9.17, 15) is 14.9 Å². The normalized spacial score (nSPS) is 14.5. The van der Waals surface area contributed by atoms with E-state index in [4.69, 9.17) is 9.47 Å². The number of carbonyl (C=O) groups is 2. The summed E-state index contributed by atoms with van der Waals surface area (Å²) in [4.78, 5) is 26.0. The first-order valence-electron chi connectivity index (χ1n) is 13.5. The minimum absolute atomic E-state index is 0.0420. The van der Waals surface area contributed by atoms with E-state index in [1.54, 1.807) is 6.92 Å². The summed E-state index contributed by atoms with van der Waals surface area (Å²) in [5, 5.41) is 17.0. The first-order valence-corrected chi connectivity index (χ1v) is 14.5. The minimum atomic E-state index is -0.693. The van der Waals surface area contributed by atoms with Crippen molar-refractivity contribution in [1.29, 1.82) is 5.26 Å². The number of benzene rings is 3. The molecule has 0 fully saturated rings. The molecule has 0 bridgehead atoms. The number of rotatable bonds is 11. The van der Waals surface area contributed by atoms with Crippen LogP contribution in [0.2, 0.25) is 0 Å². The lowest BCUT2D eigenvalue weighted by atomic mass is 9.82. The second-order valence-electron chi connectivity index (χ2n) is 9.84. The van der Waals surface area contributed by atoms with E-state index in [0.29, 0.717) is 34.2 Å². The van der Waals surface area contributed by atoms with E-state index >= 15 is 0 Å². The van der Waals surface area contributed by atoms with Crippen molar-refractivity contribution in [3.05, 3.63) is 130 Å². The number of ether oxygens (including phenoxy) is 2. The average Bonchev–Trinajstić information content (AvgIpc) is 3.00. The van der Waals surface area contributed by atoms with Gasteiger partial charge in [0.1, 0.15) is 19.0 Å². The van der Waals surface area contributed by atoms with Gasteiger partial charge >= 0.3 is 5.97 Å². The number of hydrogen-bond donors (Lipinski definition) is 2. The lowest BCUT2D eigenvalue weighted by molar-refractivity contribution is -0.138. The third-order valence-corrected chi connectivity index (χ3v) is 7.69. The summed E-state index contributed by atoms with van der Waals surface area (Å²) >= 11 is 1.22. The fourth-order valence-electron chi connectivity index (χ4n) is 4.53. The summed E-state index contributed by atoms with van der Waals surface area (Å²) in [6, 6.07) is 25.3. The molecule has 3 aromatic rings. The number of esters is 1. The van der Waals surface area contributed by atoms with Crippen molar-refractivity contribution >= 4 is 29.3 Å². The molecule has 1 aliphatic rings. The molecule has 0 saturated heterocycles. The third kappa shape index (κ3) is 7.50. The molecule has 0 radical (unpaired) electrons. The number of anilines is 1. The standard InChI is InChI=1S/C34H33N3O4S/c1-5-17-40-34(39)31-24(4)36-33(42-21-30(38)37-29-18-22(2)11-12-23(29)3)28(19-35)32(31)26-13-15-27(16-14-26)41-20-25-9-7-6-8-10-25/h5-16,18,32,36H,1,17,20-21H2,2-4H3,(H,37,38). The van der Waals surface area contributed by atoms with E-state index in [2.05, 4.69) is 23.3 Å². The van der Waals surface area contributed by atoms with E-state index in [1.165, 1.54) is 17.8 Å². The zero-order valence-corrected chi connectivity index (χ0v) is 24.7. The molecular formula is C34H33N3O4S. The van der Waals surface area contributed by atoms with E-state index in [0.717, 1.165) is 27.9 Å². The Hall–Kier alpha value is -4.74. The first kappa shape index (κ1) is 30.2. The van der Waals surface area contributed by atoms with E-state index in [-0.39, 0.29) is 18.3 Å². The Bertz CT molecular complexity index is 1570. The van der Waals surface area contributed by atoms with Crippen molar-refractivity contribution in [3.63, 3.8) is 0 Å². The number of nitrogens with zero attached hydrogens (tertiary/aromatic N) is 1. The highest BCUT2D eigenvalue weighted by molar-refractivity contribution is 8.03. The predicted octanol–water partition coefficient (Wildman–Crippen LogP) is 6.68. The molecule has 2 N–H and O–H groups in total. The fourth-order valence-corrected chi connectivity index (χ4v) is 5.43. The smallest absolute Gasteiger partial charge is 0.337 e. The number of aryl methyl sites for hydroxylation is 2. The molecule has 7 nitrogen and oxygen atoms in total. The van der Waals surface area contributed by atoms with Gasteiger partial charge in [-0.2, -0.15) is 5.26 Å². The van der Waals surface area contributed by atoms with Crippen molar-refractivity contribution in [1.82, 2.24) is 5.32 Å². The molecular weight excluding hydrogens is 546 g/mol. The van der Waals surface area contributed by atoms with Gasteiger partial charge in [-0.3, -0.25) is 4.79 Å². The van der Waals surface area contributed by atoms with Crippen LogP contribution < -0.4 is 15.4 Å². The number of dihydropyridines is 1. The molecule has 1 unspecified atom stereocenters. The molecule has 0 aromatic heterocycles. The minimum Gasteiger partial charge on any atom is -0.489 e. The van der Waals surface area contributed by atoms with Crippen molar-refractivity contribution in [2.24, 2.45) is 0 Å². The van der Waals surface area contributed by atoms with Crippen LogP contribution in [0, 0.1) is 25.2 Å². The number of amides is 1.